The average Bonchev–Trinajstić information content (AvgIpc) is 2.90. The number of fused-ring (bicyclic) bond motifs is 1. The molecule has 23 heavy (non-hydrogen) atoms. The van der Waals surface area contributed by atoms with Crippen LogP contribution in [0.5, 0.6) is 0 Å². The number of primary amides is 1. The van der Waals surface area contributed by atoms with Crippen molar-refractivity contribution in [1.29, 1.82) is 0 Å². The van der Waals surface area contributed by atoms with Gasteiger partial charge in [-0.3, -0.25) is 4.79 Å². The number of rotatable bonds is 5. The molecular weight excluding hydrogens is 297 g/mol. The van der Waals surface area contributed by atoms with Gasteiger partial charge >= 0.3 is 0 Å². The first kappa shape index (κ1) is 15.6. The molecule has 6 nitrogen and oxygen atoms in total. The summed E-state index contributed by atoms with van der Waals surface area (Å²) in [7, 11) is 0. The zero-order valence-corrected chi connectivity index (χ0v) is 13.0. The first-order chi connectivity index (χ1) is 11.0. The van der Waals surface area contributed by atoms with Gasteiger partial charge in [0.05, 0.1) is 0 Å². The Morgan fingerprint density at radius 1 is 1.43 bits per heavy atom. The molecule has 2 aromatic rings. The molecular formula is C16H20FN5O. The summed E-state index contributed by atoms with van der Waals surface area (Å²) in [6.45, 7) is 3.43. The van der Waals surface area contributed by atoms with Crippen LogP contribution in [0.4, 0.5) is 4.39 Å². The van der Waals surface area contributed by atoms with Gasteiger partial charge in [-0.1, -0.05) is 12.1 Å². The number of carbonyl (C=O) groups excluding carboxylic acids is 1. The second-order valence-corrected chi connectivity index (χ2v) is 5.97. The van der Waals surface area contributed by atoms with Crippen molar-refractivity contribution in [3.05, 3.63) is 47.3 Å². The van der Waals surface area contributed by atoms with Crippen LogP contribution in [0.25, 0.3) is 0 Å². The first-order valence-corrected chi connectivity index (χ1v) is 7.71. The number of halogens is 1. The highest BCUT2D eigenvalue weighted by Crippen LogP contribution is 2.21. The van der Waals surface area contributed by atoms with Crippen LogP contribution in [-0.4, -0.2) is 27.2 Å². The molecule has 2 atom stereocenters. The lowest BCUT2D eigenvalue weighted by atomic mass is 9.98. The third-order valence-corrected chi connectivity index (χ3v) is 4.33. The summed E-state index contributed by atoms with van der Waals surface area (Å²) >= 11 is 0. The second kappa shape index (κ2) is 6.45. The maximum absolute atomic E-state index is 13.0. The highest BCUT2D eigenvalue weighted by Gasteiger charge is 2.24. The number of aryl methyl sites for hydroxylation is 2. The Labute approximate surface area is 133 Å². The van der Waals surface area contributed by atoms with Crippen LogP contribution >= 0.6 is 0 Å². The molecule has 1 aliphatic heterocycles. The Morgan fingerprint density at radius 2 is 2.17 bits per heavy atom. The number of carbonyl (C=O) groups is 1. The Hall–Kier alpha value is -2.28. The van der Waals surface area contributed by atoms with Crippen LogP contribution in [0.2, 0.25) is 0 Å². The molecule has 1 amide bonds. The Kier molecular flexibility index (Phi) is 4.38. The summed E-state index contributed by atoms with van der Waals surface area (Å²) in [5.74, 6) is 1.51. The van der Waals surface area contributed by atoms with E-state index in [1.807, 2.05) is 6.92 Å². The molecule has 3 N–H and O–H groups in total. The number of hydrogen-bond donors (Lipinski definition) is 2. The van der Waals surface area contributed by atoms with E-state index in [4.69, 9.17) is 5.73 Å². The molecule has 0 bridgehead atoms. The Bertz CT molecular complexity index is 697. The molecule has 0 saturated carbocycles. The maximum Gasteiger partial charge on any atom is 0.239 e. The minimum Gasteiger partial charge on any atom is -0.368 e. The molecule has 0 saturated heterocycles. The number of hydrogen-bond acceptors (Lipinski definition) is 4. The van der Waals surface area contributed by atoms with Gasteiger partial charge in [0.1, 0.15) is 23.5 Å². The van der Waals surface area contributed by atoms with Gasteiger partial charge in [0.2, 0.25) is 5.91 Å². The molecule has 0 fully saturated rings. The number of nitrogens with zero attached hydrogens (tertiary/aromatic N) is 3. The van der Waals surface area contributed by atoms with E-state index < -0.39 is 11.9 Å². The monoisotopic (exact) mass is 317 g/mol. The number of nitrogens with two attached hydrogens (primary N) is 1. The SMILES string of the molecule is Cc1nnc2n1C[C@@H](CN[C@@H](C(N)=O)c1ccc(F)cc1)CC2. The summed E-state index contributed by atoms with van der Waals surface area (Å²) in [6.07, 6.45) is 1.87. The van der Waals surface area contributed by atoms with Crippen molar-refractivity contribution in [2.45, 2.75) is 32.4 Å². The molecule has 7 heteroatoms. The van der Waals surface area contributed by atoms with Gasteiger partial charge in [0.25, 0.3) is 0 Å². The Balaban J connectivity index is 1.65. The zero-order valence-electron chi connectivity index (χ0n) is 13.0. The van der Waals surface area contributed by atoms with Gasteiger partial charge in [0.15, 0.2) is 0 Å². The average molecular weight is 317 g/mol. The van der Waals surface area contributed by atoms with Crippen molar-refractivity contribution in [2.75, 3.05) is 6.54 Å². The quantitative estimate of drug-likeness (QED) is 0.865. The van der Waals surface area contributed by atoms with E-state index in [1.165, 1.54) is 12.1 Å². The van der Waals surface area contributed by atoms with Crippen molar-refractivity contribution in [3.8, 4) is 0 Å². The van der Waals surface area contributed by atoms with E-state index in [1.54, 1.807) is 12.1 Å². The van der Waals surface area contributed by atoms with E-state index in [0.29, 0.717) is 18.0 Å². The van der Waals surface area contributed by atoms with Crippen LogP contribution in [0, 0.1) is 18.7 Å². The molecule has 0 unspecified atom stereocenters. The van der Waals surface area contributed by atoms with Gasteiger partial charge in [-0.15, -0.1) is 10.2 Å². The molecule has 2 heterocycles. The lowest BCUT2D eigenvalue weighted by molar-refractivity contribution is -0.120. The fourth-order valence-electron chi connectivity index (χ4n) is 3.02. The highest BCUT2D eigenvalue weighted by molar-refractivity contribution is 5.81. The Morgan fingerprint density at radius 3 is 2.87 bits per heavy atom. The maximum atomic E-state index is 13.0. The number of aromatic nitrogens is 3. The normalized spacial score (nSPS) is 18.4. The number of nitrogens with one attached hydrogen (secondary N) is 1. The molecule has 0 aliphatic carbocycles. The number of benzene rings is 1. The zero-order chi connectivity index (χ0) is 16.4. The van der Waals surface area contributed by atoms with Crippen molar-refractivity contribution in [1.82, 2.24) is 20.1 Å². The van der Waals surface area contributed by atoms with E-state index >= 15 is 0 Å². The molecule has 122 valence electrons. The third-order valence-electron chi connectivity index (χ3n) is 4.33. The summed E-state index contributed by atoms with van der Waals surface area (Å²) in [6, 6.07) is 5.22. The lowest BCUT2D eigenvalue weighted by Gasteiger charge is -2.26. The topological polar surface area (TPSA) is 85.8 Å². The fourth-order valence-corrected chi connectivity index (χ4v) is 3.02. The van der Waals surface area contributed by atoms with Crippen LogP contribution in [0.1, 0.15) is 29.7 Å². The van der Waals surface area contributed by atoms with Gasteiger partial charge in [0, 0.05) is 19.5 Å². The van der Waals surface area contributed by atoms with Gasteiger partial charge in [-0.05, 0) is 37.0 Å². The lowest BCUT2D eigenvalue weighted by Crippen LogP contribution is -2.38. The highest BCUT2D eigenvalue weighted by atomic mass is 19.1. The summed E-state index contributed by atoms with van der Waals surface area (Å²) in [5, 5.41) is 11.5. The smallest absolute Gasteiger partial charge is 0.239 e. The van der Waals surface area contributed by atoms with Gasteiger partial charge < -0.3 is 15.6 Å². The van der Waals surface area contributed by atoms with Crippen LogP contribution in [0.3, 0.4) is 0 Å². The summed E-state index contributed by atoms with van der Waals surface area (Å²) in [5.41, 5.74) is 6.16. The van der Waals surface area contributed by atoms with Crippen molar-refractivity contribution >= 4 is 5.91 Å². The third kappa shape index (κ3) is 3.39. The standard InChI is InChI=1S/C16H20FN5O/c1-10-20-21-14-7-2-11(9-22(10)14)8-19-15(16(18)23)12-3-5-13(17)6-4-12/h3-6,11,15,19H,2,7-9H2,1H3,(H2,18,23)/t11-,15-/m1/s1. The largest absolute Gasteiger partial charge is 0.368 e. The second-order valence-electron chi connectivity index (χ2n) is 5.97. The minimum absolute atomic E-state index is 0.333. The molecule has 3 rings (SSSR count). The molecule has 0 spiro atoms. The molecule has 0 radical (unpaired) electrons. The number of amides is 1. The predicted octanol–water partition coefficient (Wildman–Crippen LogP) is 1.10. The van der Waals surface area contributed by atoms with Gasteiger partial charge in [-0.25, -0.2) is 4.39 Å². The van der Waals surface area contributed by atoms with Crippen LogP contribution in [0.15, 0.2) is 24.3 Å². The van der Waals surface area contributed by atoms with E-state index in [9.17, 15) is 9.18 Å². The van der Waals surface area contributed by atoms with Crippen LogP contribution < -0.4 is 11.1 Å². The minimum atomic E-state index is -0.612. The van der Waals surface area contributed by atoms with Gasteiger partial charge in [-0.2, -0.15) is 0 Å². The molecule has 1 aromatic heterocycles. The van der Waals surface area contributed by atoms with E-state index in [0.717, 1.165) is 31.0 Å². The summed E-state index contributed by atoms with van der Waals surface area (Å²) < 4.78 is 15.1. The fraction of sp³-hybridized carbons (Fsp3) is 0.438. The molecule has 1 aliphatic rings. The predicted molar refractivity (Wildman–Crippen MR) is 82.9 cm³/mol. The summed E-state index contributed by atoms with van der Waals surface area (Å²) in [4.78, 5) is 11.7. The van der Waals surface area contributed by atoms with Crippen LogP contribution in [-0.2, 0) is 17.8 Å². The van der Waals surface area contributed by atoms with Crippen molar-refractivity contribution in [3.63, 3.8) is 0 Å². The van der Waals surface area contributed by atoms with Crippen molar-refractivity contribution in [2.24, 2.45) is 11.7 Å². The van der Waals surface area contributed by atoms with E-state index in [2.05, 4.69) is 20.1 Å². The van der Waals surface area contributed by atoms with Crippen molar-refractivity contribution < 1.29 is 9.18 Å². The first-order valence-electron chi connectivity index (χ1n) is 7.71. The van der Waals surface area contributed by atoms with E-state index in [-0.39, 0.29) is 5.82 Å². The molecule has 1 aromatic carbocycles.